The van der Waals surface area contributed by atoms with Crippen molar-refractivity contribution >= 4 is 16.3 Å². The smallest absolute Gasteiger partial charge is 0.359 e. The van der Waals surface area contributed by atoms with Crippen LogP contribution in [0.5, 0.6) is 0 Å². The summed E-state index contributed by atoms with van der Waals surface area (Å²) in [4.78, 5) is 11.2. The zero-order valence-electron chi connectivity index (χ0n) is 8.08. The van der Waals surface area contributed by atoms with Gasteiger partial charge in [0.15, 0.2) is 0 Å². The molecule has 0 amide bonds. The molecule has 0 aromatic rings. The Kier molecular flexibility index (Phi) is 3.48. The highest BCUT2D eigenvalue weighted by molar-refractivity contribution is 7.83. The Hall–Kier alpha value is -1.34. The van der Waals surface area contributed by atoms with Gasteiger partial charge in [-0.05, 0) is 19.1 Å². The molecule has 0 spiro atoms. The molecule has 15 heavy (non-hydrogen) atoms. The standard InChI is InChI=1S/C8H11NO5S/c1-2-14-8(10)7-4-3-5-9(6-7)15(11,12)13/h3-5H,2,6H2,1H3,(H,11,12,13). The molecule has 0 radical (unpaired) electrons. The Bertz CT molecular complexity index is 409. The molecule has 1 heterocycles. The van der Waals surface area contributed by atoms with E-state index in [-0.39, 0.29) is 18.7 Å². The highest BCUT2D eigenvalue weighted by Crippen LogP contribution is 2.11. The SMILES string of the molecule is CCOC(=O)C1=CC=CN(S(=O)(=O)O)C1. The lowest BCUT2D eigenvalue weighted by Crippen LogP contribution is -2.31. The van der Waals surface area contributed by atoms with Crippen molar-refractivity contribution in [2.24, 2.45) is 0 Å². The summed E-state index contributed by atoms with van der Waals surface area (Å²) in [7, 11) is -4.31. The number of ether oxygens (including phenoxy) is 1. The van der Waals surface area contributed by atoms with E-state index < -0.39 is 16.3 Å². The number of carbonyl (C=O) groups excluding carboxylic acids is 1. The maximum atomic E-state index is 11.2. The molecule has 0 fully saturated rings. The summed E-state index contributed by atoms with van der Waals surface area (Å²) < 4.78 is 35.6. The van der Waals surface area contributed by atoms with E-state index in [1.165, 1.54) is 12.2 Å². The molecule has 1 aliphatic heterocycles. The molecular weight excluding hydrogens is 222 g/mol. The Balaban J connectivity index is 2.77. The first-order valence-electron chi connectivity index (χ1n) is 4.24. The third-order valence-electron chi connectivity index (χ3n) is 1.71. The third kappa shape index (κ3) is 3.07. The quantitative estimate of drug-likeness (QED) is 0.552. The van der Waals surface area contributed by atoms with Gasteiger partial charge in [-0.3, -0.25) is 8.86 Å². The first-order chi connectivity index (χ1) is 6.95. The number of allylic oxidation sites excluding steroid dienone is 2. The van der Waals surface area contributed by atoms with Crippen LogP contribution in [0.2, 0.25) is 0 Å². The normalized spacial score (nSPS) is 16.1. The average molecular weight is 233 g/mol. The van der Waals surface area contributed by atoms with Gasteiger partial charge in [0.2, 0.25) is 0 Å². The number of esters is 1. The molecule has 6 nitrogen and oxygen atoms in total. The van der Waals surface area contributed by atoms with Gasteiger partial charge < -0.3 is 4.74 Å². The van der Waals surface area contributed by atoms with Gasteiger partial charge in [-0.1, -0.05) is 0 Å². The highest BCUT2D eigenvalue weighted by Gasteiger charge is 2.22. The summed E-state index contributed by atoms with van der Waals surface area (Å²) in [6.07, 6.45) is 3.96. The van der Waals surface area contributed by atoms with E-state index in [9.17, 15) is 13.2 Å². The number of rotatable bonds is 3. The van der Waals surface area contributed by atoms with Crippen LogP contribution in [0.15, 0.2) is 23.9 Å². The second-order valence-electron chi connectivity index (χ2n) is 2.78. The number of hydrogen-bond acceptors (Lipinski definition) is 4. The van der Waals surface area contributed by atoms with E-state index in [2.05, 4.69) is 0 Å². The number of carbonyl (C=O) groups is 1. The third-order valence-corrected chi connectivity index (χ3v) is 2.55. The van der Waals surface area contributed by atoms with Crippen LogP contribution < -0.4 is 0 Å². The van der Waals surface area contributed by atoms with E-state index in [1.807, 2.05) is 0 Å². The molecule has 1 aliphatic rings. The van der Waals surface area contributed by atoms with Crippen molar-refractivity contribution in [2.45, 2.75) is 6.92 Å². The summed E-state index contributed by atoms with van der Waals surface area (Å²) in [6, 6.07) is 0. The first kappa shape index (κ1) is 11.7. The summed E-state index contributed by atoms with van der Waals surface area (Å²) >= 11 is 0. The summed E-state index contributed by atoms with van der Waals surface area (Å²) in [5, 5.41) is 0. The summed E-state index contributed by atoms with van der Waals surface area (Å²) in [6.45, 7) is 1.65. The van der Waals surface area contributed by atoms with Crippen molar-refractivity contribution in [2.75, 3.05) is 13.2 Å². The van der Waals surface area contributed by atoms with Gasteiger partial charge >= 0.3 is 16.3 Å². The van der Waals surface area contributed by atoms with Gasteiger partial charge in [-0.2, -0.15) is 8.42 Å². The van der Waals surface area contributed by atoms with Crippen molar-refractivity contribution in [1.82, 2.24) is 4.31 Å². The van der Waals surface area contributed by atoms with E-state index in [0.717, 1.165) is 6.20 Å². The minimum absolute atomic E-state index is 0.178. The van der Waals surface area contributed by atoms with Gasteiger partial charge in [0.05, 0.1) is 18.7 Å². The number of nitrogens with zero attached hydrogens (tertiary/aromatic N) is 1. The lowest BCUT2D eigenvalue weighted by atomic mass is 10.2. The molecule has 0 saturated carbocycles. The minimum atomic E-state index is -4.31. The van der Waals surface area contributed by atoms with Crippen LogP contribution in [0.4, 0.5) is 0 Å². The second kappa shape index (κ2) is 4.45. The fourth-order valence-corrected chi connectivity index (χ4v) is 1.57. The molecule has 0 aliphatic carbocycles. The molecule has 7 heteroatoms. The van der Waals surface area contributed by atoms with Crippen LogP contribution in [0.1, 0.15) is 6.92 Å². The predicted molar refractivity (Wildman–Crippen MR) is 52.1 cm³/mol. The molecule has 1 N–H and O–H groups in total. The van der Waals surface area contributed by atoms with Crippen molar-refractivity contribution in [1.29, 1.82) is 0 Å². The van der Waals surface area contributed by atoms with Gasteiger partial charge in [0, 0.05) is 6.20 Å². The molecule has 0 aromatic carbocycles. The van der Waals surface area contributed by atoms with Gasteiger partial charge in [-0.25, -0.2) is 4.79 Å². The van der Waals surface area contributed by atoms with Crippen molar-refractivity contribution in [3.05, 3.63) is 23.9 Å². The maximum Gasteiger partial charge on any atom is 0.359 e. The molecule has 0 atom stereocenters. The van der Waals surface area contributed by atoms with Gasteiger partial charge in [0.25, 0.3) is 0 Å². The topological polar surface area (TPSA) is 83.9 Å². The van der Waals surface area contributed by atoms with E-state index in [4.69, 9.17) is 9.29 Å². The zero-order chi connectivity index (χ0) is 11.5. The minimum Gasteiger partial charge on any atom is -0.463 e. The Morgan fingerprint density at radius 1 is 1.67 bits per heavy atom. The molecule has 0 bridgehead atoms. The summed E-state index contributed by atoms with van der Waals surface area (Å²) in [5.74, 6) is -0.587. The average Bonchev–Trinajstić information content (AvgIpc) is 2.17. The highest BCUT2D eigenvalue weighted by atomic mass is 32.2. The Labute approximate surface area is 87.7 Å². The van der Waals surface area contributed by atoms with Crippen molar-refractivity contribution in [3.8, 4) is 0 Å². The fraction of sp³-hybridized carbons (Fsp3) is 0.375. The van der Waals surface area contributed by atoms with Crippen LogP contribution in [0, 0.1) is 0 Å². The van der Waals surface area contributed by atoms with E-state index in [0.29, 0.717) is 4.31 Å². The molecule has 0 unspecified atom stereocenters. The molecular formula is C8H11NO5S. The van der Waals surface area contributed by atoms with Crippen molar-refractivity contribution in [3.63, 3.8) is 0 Å². The Morgan fingerprint density at radius 2 is 2.33 bits per heavy atom. The maximum absolute atomic E-state index is 11.2. The zero-order valence-corrected chi connectivity index (χ0v) is 8.90. The van der Waals surface area contributed by atoms with E-state index >= 15 is 0 Å². The van der Waals surface area contributed by atoms with Crippen LogP contribution >= 0.6 is 0 Å². The molecule has 1 rings (SSSR count). The van der Waals surface area contributed by atoms with Crippen LogP contribution in [0.25, 0.3) is 0 Å². The monoisotopic (exact) mass is 233 g/mol. The molecule has 84 valence electrons. The first-order valence-corrected chi connectivity index (χ1v) is 5.63. The largest absolute Gasteiger partial charge is 0.463 e. The Morgan fingerprint density at radius 3 is 2.87 bits per heavy atom. The lowest BCUT2D eigenvalue weighted by Gasteiger charge is -2.19. The fourth-order valence-electron chi connectivity index (χ4n) is 1.04. The summed E-state index contributed by atoms with van der Waals surface area (Å²) in [5.41, 5.74) is 0.178. The van der Waals surface area contributed by atoms with Gasteiger partial charge in [-0.15, -0.1) is 0 Å². The second-order valence-corrected chi connectivity index (χ2v) is 4.14. The number of hydrogen-bond donors (Lipinski definition) is 1. The predicted octanol–water partition coefficient (Wildman–Crippen LogP) is 0.108. The van der Waals surface area contributed by atoms with Crippen LogP contribution in [0.3, 0.4) is 0 Å². The molecule has 0 saturated heterocycles. The van der Waals surface area contributed by atoms with Crippen molar-refractivity contribution < 1.29 is 22.5 Å². The van der Waals surface area contributed by atoms with E-state index in [1.54, 1.807) is 6.92 Å². The van der Waals surface area contributed by atoms with Crippen LogP contribution in [-0.4, -0.2) is 36.4 Å². The van der Waals surface area contributed by atoms with Crippen LogP contribution in [-0.2, 0) is 19.8 Å². The van der Waals surface area contributed by atoms with Gasteiger partial charge in [0.1, 0.15) is 0 Å². The lowest BCUT2D eigenvalue weighted by molar-refractivity contribution is -0.138. The molecule has 0 aromatic heterocycles.